The van der Waals surface area contributed by atoms with Gasteiger partial charge in [-0.3, -0.25) is 18.9 Å². The highest BCUT2D eigenvalue weighted by Gasteiger charge is 2.57. The quantitative estimate of drug-likeness (QED) is 0.240. The highest BCUT2D eigenvalue weighted by molar-refractivity contribution is 7.90. The fourth-order valence-electron chi connectivity index (χ4n) is 5.59. The zero-order chi connectivity index (χ0) is 31.3. The summed E-state index contributed by atoms with van der Waals surface area (Å²) in [7, 11) is -7.78. The van der Waals surface area contributed by atoms with Crippen LogP contribution in [-0.4, -0.2) is 68.9 Å². The maximum atomic E-state index is 13.7. The number of nitrogens with zero attached hydrogens (tertiary/aromatic N) is 1. The molecule has 10 nitrogen and oxygen atoms in total. The van der Waals surface area contributed by atoms with E-state index in [1.165, 1.54) is 36.4 Å². The zero-order valence-electron chi connectivity index (χ0n) is 23.2. The van der Waals surface area contributed by atoms with Crippen molar-refractivity contribution in [1.29, 1.82) is 0 Å². The van der Waals surface area contributed by atoms with E-state index in [1.54, 1.807) is 36.1 Å². The number of halogens is 1. The molecule has 0 aromatic heterocycles. The molecule has 2 fully saturated rings. The first kappa shape index (κ1) is 30.9. The lowest BCUT2D eigenvalue weighted by Gasteiger charge is -2.37. The van der Waals surface area contributed by atoms with Gasteiger partial charge in [0.25, 0.3) is 10.1 Å². The summed E-state index contributed by atoms with van der Waals surface area (Å²) in [5, 5.41) is 0.248. The van der Waals surface area contributed by atoms with Gasteiger partial charge >= 0.3 is 5.97 Å². The number of piperidine rings is 1. The molecule has 3 aromatic carbocycles. The summed E-state index contributed by atoms with van der Waals surface area (Å²) in [5.74, 6) is -2.50. The summed E-state index contributed by atoms with van der Waals surface area (Å²) in [4.78, 5) is 41.2. The third kappa shape index (κ3) is 6.10. The molecule has 226 valence electrons. The van der Waals surface area contributed by atoms with Crippen molar-refractivity contribution in [3.05, 3.63) is 82.4 Å². The molecule has 5 rings (SSSR count). The summed E-state index contributed by atoms with van der Waals surface area (Å²) < 4.78 is 61.4. The first-order chi connectivity index (χ1) is 20.1. The number of hydrogen-bond donors (Lipinski definition) is 1. The lowest BCUT2D eigenvalue weighted by Crippen LogP contribution is -2.50. The number of aryl methyl sites for hydroxylation is 1. The number of ether oxygens (including phenoxy) is 1. The molecule has 2 aliphatic rings. The van der Waals surface area contributed by atoms with Crippen LogP contribution >= 0.6 is 11.6 Å². The van der Waals surface area contributed by atoms with Crippen LogP contribution in [0.4, 0.5) is 0 Å². The van der Waals surface area contributed by atoms with Gasteiger partial charge in [0.15, 0.2) is 21.2 Å². The second-order valence-electron chi connectivity index (χ2n) is 10.9. The van der Waals surface area contributed by atoms with Crippen molar-refractivity contribution in [2.24, 2.45) is 0 Å². The molecule has 1 amide bonds. The number of ketones is 1. The molecule has 0 bridgehead atoms. The van der Waals surface area contributed by atoms with Gasteiger partial charge in [0, 0.05) is 42.8 Å². The van der Waals surface area contributed by atoms with Crippen LogP contribution in [0.1, 0.15) is 35.4 Å². The van der Waals surface area contributed by atoms with E-state index in [2.05, 4.69) is 0 Å². The Labute approximate surface area is 254 Å². The topological polar surface area (TPSA) is 152 Å². The lowest BCUT2D eigenvalue weighted by molar-refractivity contribution is -0.158. The minimum atomic E-state index is -4.34. The van der Waals surface area contributed by atoms with E-state index in [9.17, 15) is 31.2 Å². The predicted octanol–water partition coefficient (Wildman–Crippen LogP) is 3.78. The molecule has 0 saturated carbocycles. The highest BCUT2D eigenvalue weighted by atomic mass is 35.5. The summed E-state index contributed by atoms with van der Waals surface area (Å²) >= 11 is 6.61. The second kappa shape index (κ2) is 11.2. The van der Waals surface area contributed by atoms with Gasteiger partial charge in [-0.15, -0.1) is 0 Å². The van der Waals surface area contributed by atoms with Crippen LogP contribution in [0.5, 0.6) is 0 Å². The molecule has 13 heteroatoms. The van der Waals surface area contributed by atoms with Gasteiger partial charge in [-0.05, 0) is 65.6 Å². The molecule has 1 N–H and O–H groups in total. The van der Waals surface area contributed by atoms with Gasteiger partial charge < -0.3 is 9.64 Å². The Morgan fingerprint density at radius 2 is 1.65 bits per heavy atom. The van der Waals surface area contributed by atoms with Crippen molar-refractivity contribution in [1.82, 2.24) is 4.90 Å². The van der Waals surface area contributed by atoms with Crippen molar-refractivity contribution in [3.63, 3.8) is 0 Å². The third-order valence-corrected chi connectivity index (χ3v) is 10.3. The predicted molar refractivity (Wildman–Crippen MR) is 157 cm³/mol. The first-order valence-corrected chi connectivity index (χ1v) is 17.0. The number of likely N-dealkylation sites (tertiary alicyclic amines) is 1. The number of rotatable bonds is 6. The van der Waals surface area contributed by atoms with Crippen molar-refractivity contribution in [3.8, 4) is 11.1 Å². The first-order valence-electron chi connectivity index (χ1n) is 13.3. The number of carbonyl (C=O) groups is 3. The molecule has 2 saturated heterocycles. The monoisotopic (exact) mass is 645 g/mol. The van der Waals surface area contributed by atoms with E-state index in [0.717, 1.165) is 6.26 Å². The molecule has 43 heavy (non-hydrogen) atoms. The summed E-state index contributed by atoms with van der Waals surface area (Å²) in [6.45, 7) is 2.11. The third-order valence-electron chi connectivity index (χ3n) is 7.98. The standard InChI is InChI=1S/C30H28ClNO9S2/c1-18-14-24(20-4-3-5-22(16-20)42(2,36)37)25(31)17-23(18)27-28(34)30(41-29(27)35)10-12-32(13-11-30)26(33)15-19-6-8-21(9-7-19)43(38,39)40/h3-9,14,16-17,27H,10-13,15H2,1-2H3,(H,38,39,40). The fourth-order valence-corrected chi connectivity index (χ4v) is 7.02. The van der Waals surface area contributed by atoms with Gasteiger partial charge in [0.1, 0.15) is 5.92 Å². The number of sulfone groups is 1. The van der Waals surface area contributed by atoms with Gasteiger partial charge in [0.2, 0.25) is 5.91 Å². The molecular formula is C30H28ClNO9S2. The maximum absolute atomic E-state index is 13.7. The lowest BCUT2D eigenvalue weighted by atomic mass is 9.80. The normalized spacial score (nSPS) is 18.6. The number of amides is 1. The molecule has 2 heterocycles. The average Bonchev–Trinajstić information content (AvgIpc) is 3.17. The Hall–Kier alpha value is -3.58. The number of hydrogen-bond acceptors (Lipinski definition) is 8. The molecule has 0 radical (unpaired) electrons. The van der Waals surface area contributed by atoms with Crippen molar-refractivity contribution in [2.45, 2.75) is 47.5 Å². The zero-order valence-corrected chi connectivity index (χ0v) is 25.6. The van der Waals surface area contributed by atoms with E-state index in [4.69, 9.17) is 20.9 Å². The number of Topliss-reactive ketones (excluding diaryl/α,β-unsaturated/α-hetero) is 1. The number of carbonyl (C=O) groups excluding carboxylic acids is 3. The number of benzene rings is 3. The van der Waals surface area contributed by atoms with Crippen molar-refractivity contribution < 1.29 is 40.5 Å². The molecule has 1 spiro atoms. The molecule has 1 atom stereocenters. The van der Waals surface area contributed by atoms with Crippen LogP contribution in [0.2, 0.25) is 5.02 Å². The summed E-state index contributed by atoms with van der Waals surface area (Å²) in [5.41, 5.74) is 1.35. The van der Waals surface area contributed by atoms with E-state index < -0.39 is 43.2 Å². The Kier molecular flexibility index (Phi) is 8.01. The van der Waals surface area contributed by atoms with E-state index in [0.29, 0.717) is 27.8 Å². The largest absolute Gasteiger partial charge is 0.450 e. The van der Waals surface area contributed by atoms with Gasteiger partial charge in [0.05, 0.1) is 16.2 Å². The van der Waals surface area contributed by atoms with Crippen LogP contribution < -0.4 is 0 Å². The SMILES string of the molecule is Cc1cc(-c2cccc(S(C)(=O)=O)c2)c(Cl)cc1C1C(=O)OC2(CCN(C(=O)Cc3ccc(S(=O)(=O)O)cc3)CC2)C1=O. The molecule has 3 aromatic rings. The minimum absolute atomic E-state index is 0.00769. The second-order valence-corrected chi connectivity index (χ2v) is 14.7. The Balaban J connectivity index is 1.30. The Bertz CT molecular complexity index is 1860. The minimum Gasteiger partial charge on any atom is -0.450 e. The van der Waals surface area contributed by atoms with Gasteiger partial charge in [-0.1, -0.05) is 35.9 Å². The Morgan fingerprint density at radius 1 is 1.00 bits per heavy atom. The van der Waals surface area contributed by atoms with Crippen LogP contribution in [-0.2, 0) is 45.5 Å². The van der Waals surface area contributed by atoms with Crippen LogP contribution in [0, 0.1) is 6.92 Å². The summed E-state index contributed by atoms with van der Waals surface area (Å²) in [6, 6.07) is 14.9. The van der Waals surface area contributed by atoms with E-state index >= 15 is 0 Å². The Morgan fingerprint density at radius 3 is 2.26 bits per heavy atom. The van der Waals surface area contributed by atoms with Gasteiger partial charge in [-0.25, -0.2) is 8.42 Å². The molecule has 0 aliphatic carbocycles. The fraction of sp³-hybridized carbons (Fsp3) is 0.300. The van der Waals surface area contributed by atoms with E-state index in [-0.39, 0.29) is 53.1 Å². The number of esters is 1. The summed E-state index contributed by atoms with van der Waals surface area (Å²) in [6.07, 6.45) is 1.37. The molecular weight excluding hydrogens is 618 g/mol. The van der Waals surface area contributed by atoms with Crippen LogP contribution in [0.15, 0.2) is 70.5 Å². The van der Waals surface area contributed by atoms with Crippen molar-refractivity contribution in [2.75, 3.05) is 19.3 Å². The van der Waals surface area contributed by atoms with Crippen molar-refractivity contribution >= 4 is 49.2 Å². The van der Waals surface area contributed by atoms with Crippen LogP contribution in [0.3, 0.4) is 0 Å². The molecule has 1 unspecified atom stereocenters. The molecule has 2 aliphatic heterocycles. The smallest absolute Gasteiger partial charge is 0.322 e. The van der Waals surface area contributed by atoms with Gasteiger partial charge in [-0.2, -0.15) is 8.42 Å². The maximum Gasteiger partial charge on any atom is 0.322 e. The van der Waals surface area contributed by atoms with Crippen LogP contribution in [0.25, 0.3) is 11.1 Å². The average molecular weight is 646 g/mol. The highest BCUT2D eigenvalue weighted by Crippen LogP contribution is 2.43. The van der Waals surface area contributed by atoms with E-state index in [1.807, 2.05) is 0 Å².